The highest BCUT2D eigenvalue weighted by Crippen LogP contribution is 2.25. The van der Waals surface area contributed by atoms with Crippen molar-refractivity contribution in [2.45, 2.75) is 33.1 Å². The monoisotopic (exact) mass is 269 g/mol. The van der Waals surface area contributed by atoms with E-state index in [2.05, 4.69) is 14.3 Å². The molecule has 1 fully saturated rings. The third-order valence-electron chi connectivity index (χ3n) is 3.09. The maximum Gasteiger partial charge on any atom is 0.310 e. The number of ether oxygens (including phenoxy) is 1. The van der Waals surface area contributed by atoms with Gasteiger partial charge in [-0.2, -0.15) is 4.37 Å². The minimum absolute atomic E-state index is 0.0207. The predicted molar refractivity (Wildman–Crippen MR) is 70.9 cm³/mol. The van der Waals surface area contributed by atoms with Crippen molar-refractivity contribution in [1.82, 2.24) is 9.36 Å². The summed E-state index contributed by atoms with van der Waals surface area (Å²) in [4.78, 5) is 18.4. The summed E-state index contributed by atoms with van der Waals surface area (Å²) >= 11 is 1.42. The molecule has 2 rings (SSSR count). The van der Waals surface area contributed by atoms with E-state index in [1.165, 1.54) is 11.5 Å². The van der Waals surface area contributed by atoms with Crippen LogP contribution in [0.2, 0.25) is 0 Å². The van der Waals surface area contributed by atoms with Crippen LogP contribution in [0.4, 0.5) is 5.13 Å². The highest BCUT2D eigenvalue weighted by Gasteiger charge is 2.28. The quantitative estimate of drug-likeness (QED) is 0.781. The van der Waals surface area contributed by atoms with Gasteiger partial charge in [-0.1, -0.05) is 6.92 Å². The number of aryl methyl sites for hydroxylation is 1. The van der Waals surface area contributed by atoms with Crippen LogP contribution in [0.25, 0.3) is 0 Å². The molecule has 100 valence electrons. The summed E-state index contributed by atoms with van der Waals surface area (Å²) in [6.45, 7) is 6.00. The molecule has 1 saturated heterocycles. The van der Waals surface area contributed by atoms with Crippen molar-refractivity contribution in [3.05, 3.63) is 5.82 Å². The Morgan fingerprint density at radius 3 is 3.06 bits per heavy atom. The van der Waals surface area contributed by atoms with Crippen molar-refractivity contribution in [1.29, 1.82) is 0 Å². The molecule has 1 aromatic rings. The maximum atomic E-state index is 11.8. The number of aromatic nitrogens is 2. The Hall–Kier alpha value is -1.17. The molecule has 0 amide bonds. The van der Waals surface area contributed by atoms with E-state index in [1.807, 2.05) is 13.8 Å². The molecule has 0 radical (unpaired) electrons. The number of anilines is 1. The fourth-order valence-corrected chi connectivity index (χ4v) is 2.90. The van der Waals surface area contributed by atoms with Gasteiger partial charge < -0.3 is 9.64 Å². The molecule has 1 unspecified atom stereocenters. The van der Waals surface area contributed by atoms with E-state index >= 15 is 0 Å². The van der Waals surface area contributed by atoms with Crippen LogP contribution in [0, 0.1) is 5.92 Å². The van der Waals surface area contributed by atoms with E-state index in [1.54, 1.807) is 0 Å². The molecule has 0 aromatic carbocycles. The number of carbonyl (C=O) groups excluding carboxylic acids is 1. The molecule has 0 bridgehead atoms. The Morgan fingerprint density at radius 1 is 1.56 bits per heavy atom. The van der Waals surface area contributed by atoms with E-state index < -0.39 is 0 Å². The lowest BCUT2D eigenvalue weighted by Crippen LogP contribution is -2.39. The molecular formula is C12H19N3O2S. The molecule has 18 heavy (non-hydrogen) atoms. The lowest BCUT2D eigenvalue weighted by molar-refractivity contribution is -0.148. The van der Waals surface area contributed by atoms with Crippen LogP contribution in [-0.2, 0) is 16.0 Å². The minimum atomic E-state index is -0.0811. The zero-order chi connectivity index (χ0) is 13.0. The first kappa shape index (κ1) is 13.3. The van der Waals surface area contributed by atoms with Gasteiger partial charge in [-0.25, -0.2) is 4.98 Å². The molecule has 1 aromatic heterocycles. The predicted octanol–water partition coefficient (Wildman–Crippen LogP) is 1.88. The SMILES string of the molecule is CCOC(=O)C1CCCN(c2nc(CC)ns2)C1. The number of nitrogens with zero attached hydrogens (tertiary/aromatic N) is 3. The second-order valence-electron chi connectivity index (χ2n) is 4.38. The highest BCUT2D eigenvalue weighted by atomic mass is 32.1. The summed E-state index contributed by atoms with van der Waals surface area (Å²) in [6, 6.07) is 0. The Balaban J connectivity index is 1.99. The number of rotatable bonds is 4. The lowest BCUT2D eigenvalue weighted by atomic mass is 9.99. The molecule has 5 nitrogen and oxygen atoms in total. The van der Waals surface area contributed by atoms with Gasteiger partial charge in [0, 0.05) is 31.0 Å². The van der Waals surface area contributed by atoms with Crippen LogP contribution in [0.15, 0.2) is 0 Å². The number of hydrogen-bond donors (Lipinski definition) is 0. The van der Waals surface area contributed by atoms with Crippen LogP contribution in [0.3, 0.4) is 0 Å². The van der Waals surface area contributed by atoms with Gasteiger partial charge in [-0.05, 0) is 19.8 Å². The molecule has 1 atom stereocenters. The van der Waals surface area contributed by atoms with Gasteiger partial charge in [0.1, 0.15) is 5.82 Å². The molecule has 0 spiro atoms. The zero-order valence-electron chi connectivity index (χ0n) is 10.9. The van der Waals surface area contributed by atoms with Crippen molar-refractivity contribution in [2.75, 3.05) is 24.6 Å². The Morgan fingerprint density at radius 2 is 2.39 bits per heavy atom. The highest BCUT2D eigenvalue weighted by molar-refractivity contribution is 7.09. The van der Waals surface area contributed by atoms with E-state index in [0.717, 1.165) is 36.8 Å². The van der Waals surface area contributed by atoms with Crippen LogP contribution in [0.1, 0.15) is 32.5 Å². The summed E-state index contributed by atoms with van der Waals surface area (Å²) in [6.07, 6.45) is 2.77. The fraction of sp³-hybridized carbons (Fsp3) is 0.750. The smallest absolute Gasteiger partial charge is 0.310 e. The summed E-state index contributed by atoms with van der Waals surface area (Å²) in [5.41, 5.74) is 0. The Bertz CT molecular complexity index is 408. The number of carbonyl (C=O) groups is 1. The largest absolute Gasteiger partial charge is 0.466 e. The van der Waals surface area contributed by atoms with Crippen LogP contribution < -0.4 is 4.90 Å². The molecule has 0 saturated carbocycles. The standard InChI is InChI=1S/C12H19N3O2S/c1-3-10-13-12(18-14-10)15-7-5-6-9(8-15)11(16)17-4-2/h9H,3-8H2,1-2H3. The first-order valence-corrected chi connectivity index (χ1v) is 7.26. The van der Waals surface area contributed by atoms with Gasteiger partial charge in [-0.15, -0.1) is 0 Å². The van der Waals surface area contributed by atoms with E-state index in [4.69, 9.17) is 4.74 Å². The van der Waals surface area contributed by atoms with Crippen molar-refractivity contribution in [2.24, 2.45) is 5.92 Å². The van der Waals surface area contributed by atoms with Crippen molar-refractivity contribution in [3.63, 3.8) is 0 Å². The van der Waals surface area contributed by atoms with Crippen LogP contribution in [0.5, 0.6) is 0 Å². The Kier molecular flexibility index (Phi) is 4.52. The normalized spacial score (nSPS) is 19.9. The first-order valence-electron chi connectivity index (χ1n) is 6.48. The molecule has 0 N–H and O–H groups in total. The average molecular weight is 269 g/mol. The van der Waals surface area contributed by atoms with Crippen molar-refractivity contribution >= 4 is 22.6 Å². The number of hydrogen-bond acceptors (Lipinski definition) is 6. The van der Waals surface area contributed by atoms with E-state index in [9.17, 15) is 4.79 Å². The van der Waals surface area contributed by atoms with Crippen LogP contribution in [-0.4, -0.2) is 35.0 Å². The number of piperidine rings is 1. The zero-order valence-corrected chi connectivity index (χ0v) is 11.7. The molecule has 0 aliphatic carbocycles. The summed E-state index contributed by atoms with van der Waals surface area (Å²) in [7, 11) is 0. The topological polar surface area (TPSA) is 55.3 Å². The average Bonchev–Trinajstić information content (AvgIpc) is 2.88. The first-order chi connectivity index (χ1) is 8.74. The van der Waals surface area contributed by atoms with Crippen LogP contribution >= 0.6 is 11.5 Å². The third kappa shape index (κ3) is 2.98. The maximum absolute atomic E-state index is 11.8. The summed E-state index contributed by atoms with van der Waals surface area (Å²) < 4.78 is 9.38. The molecular weight excluding hydrogens is 250 g/mol. The van der Waals surface area contributed by atoms with Crippen molar-refractivity contribution in [3.8, 4) is 0 Å². The summed E-state index contributed by atoms with van der Waals surface area (Å²) in [5.74, 6) is 0.781. The van der Waals surface area contributed by atoms with Gasteiger partial charge in [0.2, 0.25) is 5.13 Å². The molecule has 6 heteroatoms. The van der Waals surface area contributed by atoms with Gasteiger partial charge in [-0.3, -0.25) is 4.79 Å². The van der Waals surface area contributed by atoms with Gasteiger partial charge in [0.25, 0.3) is 0 Å². The molecule has 1 aliphatic heterocycles. The van der Waals surface area contributed by atoms with Crippen molar-refractivity contribution < 1.29 is 9.53 Å². The van der Waals surface area contributed by atoms with E-state index in [-0.39, 0.29) is 11.9 Å². The van der Waals surface area contributed by atoms with Gasteiger partial charge in [0.05, 0.1) is 12.5 Å². The second-order valence-corrected chi connectivity index (χ2v) is 5.11. The number of esters is 1. The lowest BCUT2D eigenvalue weighted by Gasteiger charge is -2.30. The van der Waals surface area contributed by atoms with Gasteiger partial charge >= 0.3 is 5.97 Å². The summed E-state index contributed by atoms with van der Waals surface area (Å²) in [5, 5.41) is 0.931. The second kappa shape index (κ2) is 6.13. The third-order valence-corrected chi connectivity index (χ3v) is 3.90. The minimum Gasteiger partial charge on any atom is -0.466 e. The van der Waals surface area contributed by atoms with E-state index in [0.29, 0.717) is 13.2 Å². The van der Waals surface area contributed by atoms with Gasteiger partial charge in [0.15, 0.2) is 0 Å². The Labute approximate surface area is 111 Å². The molecule has 1 aliphatic rings. The fourth-order valence-electron chi connectivity index (χ4n) is 2.12. The molecule has 2 heterocycles.